The average molecular weight is 343 g/mol. The van der Waals surface area contributed by atoms with Crippen LogP contribution >= 0.6 is 27.3 Å². The van der Waals surface area contributed by atoms with Crippen molar-refractivity contribution in [2.24, 2.45) is 0 Å². The number of aromatic nitrogens is 1. The van der Waals surface area contributed by atoms with Crippen molar-refractivity contribution in [3.05, 3.63) is 9.48 Å². The second-order valence-corrected chi connectivity index (χ2v) is 7.85. The van der Waals surface area contributed by atoms with Crippen LogP contribution in [0.3, 0.4) is 0 Å². The van der Waals surface area contributed by atoms with Crippen LogP contribution in [0.1, 0.15) is 25.5 Å². The molecule has 5 nitrogen and oxygen atoms in total. The Kier molecular flexibility index (Phi) is 5.52. The summed E-state index contributed by atoms with van der Waals surface area (Å²) in [4.78, 5) is 3.96. The van der Waals surface area contributed by atoms with E-state index >= 15 is 0 Å². The molecular formula is C9H15BrN2O3S2. The summed E-state index contributed by atoms with van der Waals surface area (Å²) in [6.07, 6.45) is 0.549. The van der Waals surface area contributed by atoms with Crippen molar-refractivity contribution in [3.63, 3.8) is 0 Å². The quantitative estimate of drug-likeness (QED) is 0.823. The maximum absolute atomic E-state index is 11.8. The van der Waals surface area contributed by atoms with E-state index in [9.17, 15) is 13.5 Å². The number of nitrogens with zero attached hydrogens (tertiary/aromatic N) is 1. The fraction of sp³-hybridized carbons (Fsp3) is 0.667. The number of sulfonamides is 1. The van der Waals surface area contributed by atoms with Gasteiger partial charge >= 0.3 is 0 Å². The lowest BCUT2D eigenvalue weighted by Crippen LogP contribution is -2.27. The third-order valence-electron chi connectivity index (χ3n) is 2.19. The van der Waals surface area contributed by atoms with E-state index in [1.807, 2.05) is 6.92 Å². The van der Waals surface area contributed by atoms with Crippen LogP contribution < -0.4 is 4.72 Å². The third kappa shape index (κ3) is 4.29. The van der Waals surface area contributed by atoms with Crippen LogP contribution in [0.5, 0.6) is 0 Å². The molecule has 0 aliphatic heterocycles. The van der Waals surface area contributed by atoms with E-state index in [0.717, 1.165) is 11.3 Å². The van der Waals surface area contributed by atoms with Gasteiger partial charge in [-0.2, -0.15) is 0 Å². The van der Waals surface area contributed by atoms with Gasteiger partial charge in [-0.3, -0.25) is 0 Å². The Labute approximate surface area is 113 Å². The molecule has 1 aromatic rings. The molecule has 0 unspecified atom stereocenters. The topological polar surface area (TPSA) is 79.3 Å². The fourth-order valence-electron chi connectivity index (χ4n) is 1.09. The standard InChI is InChI=1S/C9H15BrN2O3S2/c1-3-7(13)4-5-11-17(14,15)9-12-6(2)8(10)16-9/h7,11,13H,3-5H2,1-2H3/t7-/m1/s1. The first kappa shape index (κ1) is 15.0. The Morgan fingerprint density at radius 3 is 2.71 bits per heavy atom. The minimum atomic E-state index is -3.55. The van der Waals surface area contributed by atoms with Crippen LogP contribution in [0.15, 0.2) is 8.13 Å². The highest BCUT2D eigenvalue weighted by Crippen LogP contribution is 2.26. The first-order chi connectivity index (χ1) is 7.86. The van der Waals surface area contributed by atoms with Crippen molar-refractivity contribution in [2.45, 2.75) is 37.1 Å². The molecule has 0 aliphatic carbocycles. The second-order valence-electron chi connectivity index (χ2n) is 3.59. The lowest BCUT2D eigenvalue weighted by molar-refractivity contribution is 0.162. The number of aryl methyl sites for hydroxylation is 1. The number of thiazole rings is 1. The van der Waals surface area contributed by atoms with Crippen molar-refractivity contribution >= 4 is 37.3 Å². The first-order valence-corrected chi connectivity index (χ1v) is 8.26. The smallest absolute Gasteiger partial charge is 0.267 e. The zero-order chi connectivity index (χ0) is 13.1. The molecule has 0 amide bonds. The summed E-state index contributed by atoms with van der Waals surface area (Å²) in [6.45, 7) is 3.80. The first-order valence-electron chi connectivity index (χ1n) is 5.17. The molecule has 2 N–H and O–H groups in total. The number of aliphatic hydroxyl groups excluding tert-OH is 1. The van der Waals surface area contributed by atoms with Gasteiger partial charge in [0.2, 0.25) is 4.34 Å². The Hall–Kier alpha value is -0.0200. The van der Waals surface area contributed by atoms with Gasteiger partial charge in [-0.25, -0.2) is 18.1 Å². The highest BCUT2D eigenvalue weighted by Gasteiger charge is 2.19. The predicted octanol–water partition coefficient (Wildman–Crippen LogP) is 1.65. The van der Waals surface area contributed by atoms with Gasteiger partial charge in [-0.1, -0.05) is 18.3 Å². The third-order valence-corrected chi connectivity index (χ3v) is 6.03. The molecule has 0 aromatic carbocycles. The lowest BCUT2D eigenvalue weighted by Gasteiger charge is -2.07. The molecule has 1 rings (SSSR count). The van der Waals surface area contributed by atoms with Crippen LogP contribution in [0, 0.1) is 6.92 Å². The second kappa shape index (κ2) is 6.24. The molecule has 17 heavy (non-hydrogen) atoms. The number of halogens is 1. The van der Waals surface area contributed by atoms with E-state index in [1.54, 1.807) is 6.92 Å². The van der Waals surface area contributed by atoms with E-state index in [2.05, 4.69) is 25.6 Å². The van der Waals surface area contributed by atoms with Gasteiger partial charge < -0.3 is 5.11 Å². The van der Waals surface area contributed by atoms with Crippen LogP contribution in [0.2, 0.25) is 0 Å². The summed E-state index contributed by atoms with van der Waals surface area (Å²) in [7, 11) is -3.55. The minimum absolute atomic E-state index is 0.0489. The normalized spacial score (nSPS) is 13.9. The molecule has 0 aliphatic rings. The van der Waals surface area contributed by atoms with E-state index in [4.69, 9.17) is 0 Å². The summed E-state index contributed by atoms with van der Waals surface area (Å²) in [5.74, 6) is 0. The van der Waals surface area contributed by atoms with Crippen LogP contribution in [0.25, 0.3) is 0 Å². The molecule has 0 radical (unpaired) electrons. The van der Waals surface area contributed by atoms with Crippen molar-refractivity contribution < 1.29 is 13.5 Å². The largest absolute Gasteiger partial charge is 0.393 e. The highest BCUT2D eigenvalue weighted by atomic mass is 79.9. The molecular weight excluding hydrogens is 328 g/mol. The van der Waals surface area contributed by atoms with Gasteiger partial charge in [-0.05, 0) is 35.7 Å². The van der Waals surface area contributed by atoms with Gasteiger partial charge in [0, 0.05) is 6.54 Å². The molecule has 0 spiro atoms. The van der Waals surface area contributed by atoms with E-state index in [-0.39, 0.29) is 10.9 Å². The Bertz CT molecular complexity index is 453. The molecule has 8 heteroatoms. The maximum atomic E-state index is 11.8. The monoisotopic (exact) mass is 342 g/mol. The Morgan fingerprint density at radius 2 is 2.24 bits per heavy atom. The number of hydrogen-bond acceptors (Lipinski definition) is 5. The fourth-order valence-corrected chi connectivity index (χ4v) is 4.13. The van der Waals surface area contributed by atoms with Crippen molar-refractivity contribution in [1.29, 1.82) is 0 Å². The van der Waals surface area contributed by atoms with Crippen molar-refractivity contribution in [3.8, 4) is 0 Å². The molecule has 0 bridgehead atoms. The molecule has 0 fully saturated rings. The summed E-state index contributed by atoms with van der Waals surface area (Å²) >= 11 is 4.31. The van der Waals surface area contributed by atoms with Gasteiger partial charge in [0.1, 0.15) is 0 Å². The summed E-state index contributed by atoms with van der Waals surface area (Å²) in [6, 6.07) is 0. The molecule has 0 saturated heterocycles. The predicted molar refractivity (Wildman–Crippen MR) is 70.7 cm³/mol. The zero-order valence-electron chi connectivity index (χ0n) is 9.60. The van der Waals surface area contributed by atoms with Crippen molar-refractivity contribution in [1.82, 2.24) is 9.71 Å². The molecule has 1 heterocycles. The van der Waals surface area contributed by atoms with Crippen molar-refractivity contribution in [2.75, 3.05) is 6.54 Å². The van der Waals surface area contributed by atoms with Crippen LogP contribution in [-0.2, 0) is 10.0 Å². The zero-order valence-corrected chi connectivity index (χ0v) is 12.8. The minimum Gasteiger partial charge on any atom is -0.393 e. The van der Waals surface area contributed by atoms with Gasteiger partial charge in [0.05, 0.1) is 15.6 Å². The Morgan fingerprint density at radius 1 is 1.59 bits per heavy atom. The van der Waals surface area contributed by atoms with E-state index in [0.29, 0.717) is 22.3 Å². The number of hydrogen-bond donors (Lipinski definition) is 2. The SMILES string of the molecule is CC[C@@H](O)CCNS(=O)(=O)c1nc(C)c(Br)s1. The maximum Gasteiger partial charge on any atom is 0.267 e. The highest BCUT2D eigenvalue weighted by molar-refractivity contribution is 9.11. The summed E-state index contributed by atoms with van der Waals surface area (Å²) < 4.78 is 26.8. The number of nitrogens with one attached hydrogen (secondary N) is 1. The number of aliphatic hydroxyl groups is 1. The van der Waals surface area contributed by atoms with Gasteiger partial charge in [0.15, 0.2) is 0 Å². The van der Waals surface area contributed by atoms with Gasteiger partial charge in [-0.15, -0.1) is 0 Å². The van der Waals surface area contributed by atoms with E-state index in [1.165, 1.54) is 0 Å². The van der Waals surface area contributed by atoms with Crippen LogP contribution in [-0.4, -0.2) is 31.2 Å². The Balaban J connectivity index is 2.63. The van der Waals surface area contributed by atoms with Crippen LogP contribution in [0.4, 0.5) is 0 Å². The van der Waals surface area contributed by atoms with Gasteiger partial charge in [0.25, 0.3) is 10.0 Å². The molecule has 1 aromatic heterocycles. The molecule has 1 atom stereocenters. The summed E-state index contributed by atoms with van der Waals surface area (Å²) in [5.41, 5.74) is 0.656. The van der Waals surface area contributed by atoms with E-state index < -0.39 is 16.1 Å². The summed E-state index contributed by atoms with van der Waals surface area (Å²) in [5, 5.41) is 9.32. The molecule has 98 valence electrons. The average Bonchev–Trinajstić information content (AvgIpc) is 2.59. The number of rotatable bonds is 6. The lowest BCUT2D eigenvalue weighted by atomic mass is 10.2. The molecule has 0 saturated carbocycles.